The Hall–Kier alpha value is -1.59. The molecular weight excluding hydrogens is 341 g/mol. The first-order chi connectivity index (χ1) is 12.1. The summed E-state index contributed by atoms with van der Waals surface area (Å²) in [6.07, 6.45) is 0.338. The van der Waals surface area contributed by atoms with Crippen LogP contribution in [-0.2, 0) is 21.2 Å². The minimum absolute atomic E-state index is 0.0170. The molecule has 0 aliphatic heterocycles. The molecule has 0 bridgehead atoms. The summed E-state index contributed by atoms with van der Waals surface area (Å²) in [5.74, 6) is 0.326. The highest BCUT2D eigenvalue weighted by atomic mass is 19.4. The number of halogens is 3. The number of hydrogen-bond acceptors (Lipinski definition) is 3. The van der Waals surface area contributed by atoms with Gasteiger partial charge >= 0.3 is 6.18 Å². The molecule has 0 atom stereocenters. The van der Waals surface area contributed by atoms with Crippen LogP contribution in [0.15, 0.2) is 23.4 Å². The highest BCUT2D eigenvalue weighted by Crippen LogP contribution is 2.41. The Morgan fingerprint density at radius 3 is 2.42 bits per heavy atom. The summed E-state index contributed by atoms with van der Waals surface area (Å²) in [6.45, 7) is 3.92. The van der Waals surface area contributed by atoms with Crippen LogP contribution in [0, 0.1) is 0 Å². The molecule has 0 amide bonds. The normalized spacial score (nSPS) is 17.2. The number of alkyl halides is 3. The third-order valence-corrected chi connectivity index (χ3v) is 4.85. The van der Waals surface area contributed by atoms with Crippen molar-refractivity contribution < 1.29 is 22.7 Å². The van der Waals surface area contributed by atoms with Gasteiger partial charge in [-0.1, -0.05) is 36.6 Å². The lowest BCUT2D eigenvalue weighted by Crippen LogP contribution is -2.30. The fraction of sp³-hybridized carbons (Fsp3) is 0.611. The predicted molar refractivity (Wildman–Crippen MR) is 102 cm³/mol. The molecule has 1 saturated carbocycles. The van der Waals surface area contributed by atoms with Crippen LogP contribution in [0.1, 0.15) is 68.6 Å². The molecule has 142 valence electrons. The molecule has 2 rings (SSSR count). The quantitative estimate of drug-likeness (QED) is 0.345. The van der Waals surface area contributed by atoms with Crippen molar-refractivity contribution in [2.45, 2.75) is 63.4 Å². The molecule has 0 spiro atoms. The van der Waals surface area contributed by atoms with Gasteiger partial charge in [0.05, 0.1) is 17.6 Å². The van der Waals surface area contributed by atoms with Crippen molar-refractivity contribution >= 4 is 21.6 Å². The Morgan fingerprint density at radius 1 is 1.19 bits per heavy atom. The fourth-order valence-corrected chi connectivity index (χ4v) is 3.41. The highest BCUT2D eigenvalue weighted by molar-refractivity contribution is 6.38. The maximum absolute atomic E-state index is 13.7. The number of rotatable bonds is 5. The van der Waals surface area contributed by atoms with Crippen molar-refractivity contribution in [3.05, 3.63) is 34.9 Å². The lowest BCUT2D eigenvalue weighted by Gasteiger charge is -2.28. The second-order valence-electron chi connectivity index (χ2n) is 7.28. The molecule has 0 unspecified atom stereocenters. The fourth-order valence-electron chi connectivity index (χ4n) is 3.41. The Kier molecular flexibility index (Phi) is 6.69. The van der Waals surface area contributed by atoms with E-state index in [9.17, 15) is 13.2 Å². The average molecular weight is 367 g/mol. The van der Waals surface area contributed by atoms with E-state index in [2.05, 4.69) is 5.16 Å². The van der Waals surface area contributed by atoms with Crippen LogP contribution < -0.4 is 0 Å². The van der Waals surface area contributed by atoms with Gasteiger partial charge in [0.25, 0.3) is 0 Å². The number of nitrogens with zero attached hydrogens (tertiary/aromatic N) is 1. The monoisotopic (exact) mass is 367 g/mol. The Labute approximate surface area is 155 Å². The van der Waals surface area contributed by atoms with Gasteiger partial charge in [-0.2, -0.15) is 13.2 Å². The van der Waals surface area contributed by atoms with E-state index >= 15 is 0 Å². The van der Waals surface area contributed by atoms with Crippen LogP contribution >= 0.6 is 0 Å². The third kappa shape index (κ3) is 5.21. The van der Waals surface area contributed by atoms with Gasteiger partial charge < -0.3 is 9.57 Å². The van der Waals surface area contributed by atoms with Gasteiger partial charge in [-0.05, 0) is 42.9 Å². The zero-order chi connectivity index (χ0) is 19.4. The summed E-state index contributed by atoms with van der Waals surface area (Å²) in [5.41, 5.74) is 0.298. The van der Waals surface area contributed by atoms with Crippen LogP contribution in [0.5, 0.6) is 0 Å². The van der Waals surface area contributed by atoms with Gasteiger partial charge in [-0.25, -0.2) is 0 Å². The standard InChI is InChI=1S/C18H26B2F3NO2/c1-3-25-12(2)24-26-17(19,20)14-9-10-15(13-7-5-4-6-8-13)16(11-14)18(21,22)23/h9-11,13H,3-8,19-20H2,1-2H3/b24-12-. The summed E-state index contributed by atoms with van der Waals surface area (Å²) in [5, 5.41) is 2.88. The lowest BCUT2D eigenvalue weighted by molar-refractivity contribution is -0.138. The van der Waals surface area contributed by atoms with E-state index in [-0.39, 0.29) is 5.92 Å². The predicted octanol–water partition coefficient (Wildman–Crippen LogP) is 3.52. The minimum Gasteiger partial charge on any atom is -0.479 e. The number of hydrogen-bond donors (Lipinski definition) is 0. The first-order valence-electron chi connectivity index (χ1n) is 9.22. The zero-order valence-corrected chi connectivity index (χ0v) is 15.9. The van der Waals surface area contributed by atoms with E-state index in [1.165, 1.54) is 6.07 Å². The molecule has 0 aromatic heterocycles. The van der Waals surface area contributed by atoms with Crippen LogP contribution in [0.2, 0.25) is 0 Å². The van der Waals surface area contributed by atoms with Gasteiger partial charge in [0.2, 0.25) is 5.90 Å². The third-order valence-electron chi connectivity index (χ3n) is 4.85. The van der Waals surface area contributed by atoms with Gasteiger partial charge in [0.1, 0.15) is 0 Å². The average Bonchev–Trinajstić information content (AvgIpc) is 2.60. The van der Waals surface area contributed by atoms with E-state index in [4.69, 9.17) is 9.57 Å². The van der Waals surface area contributed by atoms with Crippen LogP contribution in [-0.4, -0.2) is 28.2 Å². The van der Waals surface area contributed by atoms with Gasteiger partial charge in [0.15, 0.2) is 15.7 Å². The second kappa shape index (κ2) is 8.40. The van der Waals surface area contributed by atoms with E-state index in [0.29, 0.717) is 23.6 Å². The zero-order valence-electron chi connectivity index (χ0n) is 15.9. The van der Waals surface area contributed by atoms with Crippen LogP contribution in [0.4, 0.5) is 13.2 Å². The smallest absolute Gasteiger partial charge is 0.416 e. The van der Waals surface area contributed by atoms with Gasteiger partial charge in [-0.15, -0.1) is 0 Å². The van der Waals surface area contributed by atoms with Crippen molar-refractivity contribution in [2.75, 3.05) is 6.61 Å². The number of ether oxygens (including phenoxy) is 1. The summed E-state index contributed by atoms with van der Waals surface area (Å²) in [7, 11) is 3.40. The molecule has 1 aliphatic carbocycles. The molecule has 0 radical (unpaired) electrons. The van der Waals surface area contributed by atoms with Crippen molar-refractivity contribution in [1.82, 2.24) is 0 Å². The topological polar surface area (TPSA) is 30.8 Å². The molecule has 1 fully saturated rings. The molecule has 1 aromatic carbocycles. The molecular formula is C18H26B2F3NO2. The van der Waals surface area contributed by atoms with Crippen molar-refractivity contribution in [3.8, 4) is 0 Å². The molecule has 0 N–H and O–H groups in total. The number of benzene rings is 1. The molecule has 1 aromatic rings. The second-order valence-corrected chi connectivity index (χ2v) is 7.28. The first-order valence-corrected chi connectivity index (χ1v) is 9.22. The minimum atomic E-state index is -4.39. The molecule has 26 heavy (non-hydrogen) atoms. The summed E-state index contributed by atoms with van der Waals surface area (Å²) in [6, 6.07) is 4.57. The molecule has 3 nitrogen and oxygen atoms in total. The highest BCUT2D eigenvalue weighted by Gasteiger charge is 2.37. The first kappa shape index (κ1) is 20.7. The maximum atomic E-state index is 13.7. The Balaban J connectivity index is 2.33. The van der Waals surface area contributed by atoms with E-state index in [1.54, 1.807) is 34.7 Å². The lowest BCUT2D eigenvalue weighted by atomic mass is 9.61. The molecule has 8 heteroatoms. The van der Waals surface area contributed by atoms with Crippen LogP contribution in [0.25, 0.3) is 0 Å². The molecule has 1 aliphatic rings. The summed E-state index contributed by atoms with van der Waals surface area (Å²) >= 11 is 0. The van der Waals surface area contributed by atoms with E-state index in [0.717, 1.165) is 32.1 Å². The maximum Gasteiger partial charge on any atom is 0.416 e. The number of oxime groups is 1. The largest absolute Gasteiger partial charge is 0.479 e. The summed E-state index contributed by atoms with van der Waals surface area (Å²) in [4.78, 5) is 5.48. The van der Waals surface area contributed by atoms with E-state index in [1.807, 2.05) is 6.92 Å². The Bertz CT molecular complexity index is 642. The van der Waals surface area contributed by atoms with E-state index < -0.39 is 17.1 Å². The molecule has 0 saturated heterocycles. The Morgan fingerprint density at radius 2 is 1.85 bits per heavy atom. The van der Waals surface area contributed by atoms with Crippen molar-refractivity contribution in [3.63, 3.8) is 0 Å². The molecule has 0 heterocycles. The van der Waals surface area contributed by atoms with Crippen molar-refractivity contribution in [1.29, 1.82) is 0 Å². The van der Waals surface area contributed by atoms with Gasteiger partial charge in [-0.3, -0.25) is 0 Å². The van der Waals surface area contributed by atoms with Gasteiger partial charge in [0, 0.05) is 6.92 Å². The summed E-state index contributed by atoms with van der Waals surface area (Å²) < 4.78 is 46.3. The SMILES string of the molecule is BC(B)(O/N=C(/C)OCC)c1ccc(C2CCCCC2)c(C(F)(F)F)c1. The van der Waals surface area contributed by atoms with Crippen LogP contribution in [0.3, 0.4) is 0 Å². The van der Waals surface area contributed by atoms with Crippen molar-refractivity contribution in [2.24, 2.45) is 5.16 Å².